The summed E-state index contributed by atoms with van der Waals surface area (Å²) in [6, 6.07) is 11.7. The molecule has 0 radical (unpaired) electrons. The number of rotatable bonds is 6. The van der Waals surface area contributed by atoms with E-state index in [9.17, 15) is 14.9 Å². The molecule has 2 aromatic rings. The second kappa shape index (κ2) is 7.11. The van der Waals surface area contributed by atoms with Crippen LogP contribution in [0.2, 0.25) is 5.02 Å². The number of amides is 1. The van der Waals surface area contributed by atoms with E-state index < -0.39 is 4.92 Å². The van der Waals surface area contributed by atoms with E-state index >= 15 is 0 Å². The molecule has 1 atom stereocenters. The number of carbonyl (C=O) groups excluding carboxylic acids is 1. The first kappa shape index (κ1) is 17.2. The Labute approximate surface area is 150 Å². The zero-order valence-corrected chi connectivity index (χ0v) is 14.4. The van der Waals surface area contributed by atoms with E-state index in [1.807, 2.05) is 19.1 Å². The maximum Gasteiger partial charge on any atom is 0.293 e. The van der Waals surface area contributed by atoms with Gasteiger partial charge in [-0.2, -0.15) is 0 Å². The molecule has 0 saturated heterocycles. The van der Waals surface area contributed by atoms with Crippen LogP contribution >= 0.6 is 11.6 Å². The SMILES string of the molecule is C[C@H](NC(=O)c1ccc(NC2CC2)c([N+](=O)[O-])c1)c1ccc(Cl)cc1. The van der Waals surface area contributed by atoms with Gasteiger partial charge in [-0.05, 0) is 49.6 Å². The van der Waals surface area contributed by atoms with Crippen LogP contribution in [0.3, 0.4) is 0 Å². The van der Waals surface area contributed by atoms with E-state index in [0.717, 1.165) is 18.4 Å². The standard InChI is InChI=1S/C18H18ClN3O3/c1-11(12-2-5-14(19)6-3-12)20-18(23)13-4-9-16(21-15-7-8-15)17(10-13)22(24)25/h2-6,9-11,15,21H,7-8H2,1H3,(H,20,23)/t11-/m0/s1. The lowest BCUT2D eigenvalue weighted by Gasteiger charge is -2.15. The summed E-state index contributed by atoms with van der Waals surface area (Å²) in [6.45, 7) is 1.85. The second-order valence-corrected chi connectivity index (χ2v) is 6.59. The molecule has 7 heteroatoms. The number of anilines is 1. The smallest absolute Gasteiger partial charge is 0.293 e. The Morgan fingerprint density at radius 1 is 1.24 bits per heavy atom. The topological polar surface area (TPSA) is 84.3 Å². The van der Waals surface area contributed by atoms with Gasteiger partial charge in [0.05, 0.1) is 11.0 Å². The quantitative estimate of drug-likeness (QED) is 0.594. The molecule has 1 fully saturated rings. The maximum absolute atomic E-state index is 12.4. The van der Waals surface area contributed by atoms with Crippen LogP contribution < -0.4 is 10.6 Å². The average molecular weight is 360 g/mol. The van der Waals surface area contributed by atoms with E-state index in [2.05, 4.69) is 10.6 Å². The lowest BCUT2D eigenvalue weighted by atomic mass is 10.1. The molecule has 1 aliphatic rings. The summed E-state index contributed by atoms with van der Waals surface area (Å²) in [6.07, 6.45) is 2.02. The Balaban J connectivity index is 1.75. The molecule has 1 aliphatic carbocycles. The summed E-state index contributed by atoms with van der Waals surface area (Å²) in [5.41, 5.74) is 1.53. The van der Waals surface area contributed by atoms with Gasteiger partial charge in [0.2, 0.25) is 0 Å². The van der Waals surface area contributed by atoms with Crippen molar-refractivity contribution in [2.24, 2.45) is 0 Å². The van der Waals surface area contributed by atoms with Gasteiger partial charge in [-0.3, -0.25) is 14.9 Å². The third-order valence-electron chi connectivity index (χ3n) is 4.11. The number of hydrogen-bond acceptors (Lipinski definition) is 4. The van der Waals surface area contributed by atoms with Crippen molar-refractivity contribution in [3.63, 3.8) is 0 Å². The Morgan fingerprint density at radius 2 is 1.92 bits per heavy atom. The van der Waals surface area contributed by atoms with Crippen LogP contribution in [0.1, 0.15) is 41.7 Å². The van der Waals surface area contributed by atoms with E-state index in [4.69, 9.17) is 11.6 Å². The first-order valence-electron chi connectivity index (χ1n) is 8.05. The van der Waals surface area contributed by atoms with Crippen LogP contribution in [0.15, 0.2) is 42.5 Å². The molecule has 6 nitrogen and oxygen atoms in total. The van der Waals surface area contributed by atoms with Gasteiger partial charge in [0.1, 0.15) is 5.69 Å². The van der Waals surface area contributed by atoms with Crippen LogP contribution in [0.25, 0.3) is 0 Å². The normalized spacial score (nSPS) is 14.6. The highest BCUT2D eigenvalue weighted by Crippen LogP contribution is 2.31. The third-order valence-corrected chi connectivity index (χ3v) is 4.36. The van der Waals surface area contributed by atoms with E-state index in [0.29, 0.717) is 16.8 Å². The fourth-order valence-electron chi connectivity index (χ4n) is 2.51. The Bertz CT molecular complexity index is 804. The zero-order valence-electron chi connectivity index (χ0n) is 13.7. The number of nitro groups is 1. The maximum atomic E-state index is 12.4. The predicted octanol–water partition coefficient (Wildman–Crippen LogP) is 4.31. The first-order valence-corrected chi connectivity index (χ1v) is 8.43. The Hall–Kier alpha value is -2.60. The minimum atomic E-state index is -0.468. The van der Waals surface area contributed by atoms with Crippen LogP contribution in [0.5, 0.6) is 0 Å². The molecule has 0 unspecified atom stereocenters. The zero-order chi connectivity index (χ0) is 18.0. The van der Waals surface area contributed by atoms with Gasteiger partial charge in [-0.1, -0.05) is 23.7 Å². The summed E-state index contributed by atoms with van der Waals surface area (Å²) < 4.78 is 0. The summed E-state index contributed by atoms with van der Waals surface area (Å²) in [5, 5.41) is 17.9. The third kappa shape index (κ3) is 4.28. The number of hydrogen-bond donors (Lipinski definition) is 2. The molecule has 1 saturated carbocycles. The summed E-state index contributed by atoms with van der Waals surface area (Å²) in [4.78, 5) is 23.3. The number of benzene rings is 2. The molecule has 3 rings (SSSR count). The van der Waals surface area contributed by atoms with Crippen molar-refractivity contribution in [3.8, 4) is 0 Å². The van der Waals surface area contributed by atoms with Crippen molar-refractivity contribution < 1.29 is 9.72 Å². The lowest BCUT2D eigenvalue weighted by molar-refractivity contribution is -0.384. The monoisotopic (exact) mass is 359 g/mol. The van der Waals surface area contributed by atoms with Crippen molar-refractivity contribution in [1.29, 1.82) is 0 Å². The number of nitro benzene ring substituents is 1. The number of carbonyl (C=O) groups is 1. The molecule has 0 spiro atoms. The Morgan fingerprint density at radius 3 is 2.52 bits per heavy atom. The summed E-state index contributed by atoms with van der Waals surface area (Å²) in [7, 11) is 0. The number of nitrogens with zero attached hydrogens (tertiary/aromatic N) is 1. The minimum Gasteiger partial charge on any atom is -0.377 e. The number of nitrogens with one attached hydrogen (secondary N) is 2. The van der Waals surface area contributed by atoms with Gasteiger partial charge in [-0.15, -0.1) is 0 Å². The predicted molar refractivity (Wildman–Crippen MR) is 97.1 cm³/mol. The molecule has 25 heavy (non-hydrogen) atoms. The van der Waals surface area contributed by atoms with Crippen molar-refractivity contribution in [2.45, 2.75) is 31.8 Å². The molecular weight excluding hydrogens is 342 g/mol. The van der Waals surface area contributed by atoms with E-state index in [-0.39, 0.29) is 23.2 Å². The van der Waals surface area contributed by atoms with Crippen LogP contribution in [-0.4, -0.2) is 16.9 Å². The molecule has 2 N–H and O–H groups in total. The van der Waals surface area contributed by atoms with Crippen LogP contribution in [0, 0.1) is 10.1 Å². The van der Waals surface area contributed by atoms with E-state index in [1.54, 1.807) is 24.3 Å². The van der Waals surface area contributed by atoms with Crippen molar-refractivity contribution in [2.75, 3.05) is 5.32 Å². The summed E-state index contributed by atoms with van der Waals surface area (Å²) in [5.74, 6) is -0.358. The van der Waals surface area contributed by atoms with Gasteiger partial charge >= 0.3 is 0 Å². The van der Waals surface area contributed by atoms with Gasteiger partial charge in [0, 0.05) is 22.7 Å². The average Bonchev–Trinajstić information content (AvgIpc) is 3.39. The molecule has 0 aliphatic heterocycles. The molecule has 0 heterocycles. The molecule has 130 valence electrons. The largest absolute Gasteiger partial charge is 0.377 e. The first-order chi connectivity index (χ1) is 11.9. The van der Waals surface area contributed by atoms with Gasteiger partial charge < -0.3 is 10.6 Å². The van der Waals surface area contributed by atoms with E-state index in [1.165, 1.54) is 6.07 Å². The number of halogens is 1. The minimum absolute atomic E-state index is 0.0845. The van der Waals surface area contributed by atoms with Crippen molar-refractivity contribution >= 4 is 28.9 Å². The van der Waals surface area contributed by atoms with Gasteiger partial charge in [0.25, 0.3) is 11.6 Å². The van der Waals surface area contributed by atoms with Crippen LogP contribution in [0.4, 0.5) is 11.4 Å². The molecule has 2 aromatic carbocycles. The fourth-order valence-corrected chi connectivity index (χ4v) is 2.63. The van der Waals surface area contributed by atoms with Crippen molar-refractivity contribution in [3.05, 3.63) is 68.7 Å². The highest BCUT2D eigenvalue weighted by molar-refractivity contribution is 6.30. The van der Waals surface area contributed by atoms with Gasteiger partial charge in [0.15, 0.2) is 0 Å². The lowest BCUT2D eigenvalue weighted by Crippen LogP contribution is -2.26. The molecule has 0 bridgehead atoms. The molecule has 1 amide bonds. The highest BCUT2D eigenvalue weighted by atomic mass is 35.5. The van der Waals surface area contributed by atoms with Crippen molar-refractivity contribution in [1.82, 2.24) is 5.32 Å². The summed E-state index contributed by atoms with van der Waals surface area (Å²) >= 11 is 5.86. The highest BCUT2D eigenvalue weighted by Gasteiger charge is 2.25. The fraction of sp³-hybridized carbons (Fsp3) is 0.278. The molecule has 0 aromatic heterocycles. The Kier molecular flexibility index (Phi) is 4.90. The molecular formula is C18H18ClN3O3. The van der Waals surface area contributed by atoms with Gasteiger partial charge in [-0.25, -0.2) is 0 Å². The second-order valence-electron chi connectivity index (χ2n) is 6.15. The van der Waals surface area contributed by atoms with Crippen LogP contribution in [-0.2, 0) is 0 Å².